The summed E-state index contributed by atoms with van der Waals surface area (Å²) in [6, 6.07) is 15.4. The summed E-state index contributed by atoms with van der Waals surface area (Å²) in [6.45, 7) is 0.783. The molecule has 3 heteroatoms. The van der Waals surface area contributed by atoms with Crippen molar-refractivity contribution in [3.05, 3.63) is 59.7 Å². The summed E-state index contributed by atoms with van der Waals surface area (Å²) < 4.78 is 5.80. The Morgan fingerprint density at radius 2 is 1.94 bits per heavy atom. The highest BCUT2D eigenvalue weighted by molar-refractivity contribution is 5.38. The van der Waals surface area contributed by atoms with Gasteiger partial charge < -0.3 is 15.2 Å². The van der Waals surface area contributed by atoms with E-state index in [-0.39, 0.29) is 6.61 Å². The molecule has 0 bridgehead atoms. The van der Waals surface area contributed by atoms with Crippen LogP contribution in [0, 0.1) is 0 Å². The van der Waals surface area contributed by atoms with E-state index in [1.807, 2.05) is 55.6 Å². The minimum Gasteiger partial charge on any atom is -0.457 e. The largest absolute Gasteiger partial charge is 0.457 e. The first-order valence-electron chi connectivity index (χ1n) is 5.93. The average Bonchev–Trinajstić information content (AvgIpc) is 2.40. The van der Waals surface area contributed by atoms with Gasteiger partial charge in [-0.3, -0.25) is 0 Å². The third-order valence-electron chi connectivity index (χ3n) is 2.65. The van der Waals surface area contributed by atoms with Gasteiger partial charge in [-0.2, -0.15) is 0 Å². The Morgan fingerprint density at radius 1 is 1.11 bits per heavy atom. The normalized spacial score (nSPS) is 10.3. The van der Waals surface area contributed by atoms with Gasteiger partial charge in [-0.05, 0) is 30.8 Å². The highest BCUT2D eigenvalue weighted by Gasteiger charge is 2.03. The number of rotatable bonds is 5. The molecule has 0 aliphatic rings. The predicted octanol–water partition coefficient (Wildman–Crippen LogP) is 2.69. The molecule has 0 atom stereocenters. The van der Waals surface area contributed by atoms with E-state index in [0.29, 0.717) is 5.75 Å². The van der Waals surface area contributed by atoms with Gasteiger partial charge >= 0.3 is 0 Å². The van der Waals surface area contributed by atoms with Crippen LogP contribution in [0.5, 0.6) is 11.5 Å². The lowest BCUT2D eigenvalue weighted by Gasteiger charge is -2.10. The molecule has 0 spiro atoms. The fraction of sp³-hybridized carbons (Fsp3) is 0.200. The summed E-state index contributed by atoms with van der Waals surface area (Å²) >= 11 is 0. The van der Waals surface area contributed by atoms with Gasteiger partial charge in [0.25, 0.3) is 0 Å². The standard InChI is InChI=1S/C15H17NO2/c1-16-10-12-5-4-7-14(9-12)18-15-8-3-2-6-13(15)11-17/h2-9,16-17H,10-11H2,1H3. The van der Waals surface area contributed by atoms with Crippen LogP contribution < -0.4 is 10.1 Å². The predicted molar refractivity (Wildman–Crippen MR) is 71.6 cm³/mol. The number of para-hydroxylation sites is 1. The van der Waals surface area contributed by atoms with Gasteiger partial charge in [0.2, 0.25) is 0 Å². The molecule has 0 radical (unpaired) electrons. The van der Waals surface area contributed by atoms with Crippen LogP contribution in [0.1, 0.15) is 11.1 Å². The molecule has 0 amide bonds. The number of benzene rings is 2. The molecule has 3 nitrogen and oxygen atoms in total. The van der Waals surface area contributed by atoms with E-state index in [4.69, 9.17) is 4.74 Å². The molecule has 0 heterocycles. The third-order valence-corrected chi connectivity index (χ3v) is 2.65. The first-order valence-corrected chi connectivity index (χ1v) is 5.93. The van der Waals surface area contributed by atoms with Gasteiger partial charge in [0.15, 0.2) is 0 Å². The lowest BCUT2D eigenvalue weighted by molar-refractivity contribution is 0.276. The first-order chi connectivity index (χ1) is 8.83. The molecule has 2 aromatic rings. The summed E-state index contributed by atoms with van der Waals surface area (Å²) in [5.41, 5.74) is 1.95. The van der Waals surface area contributed by atoms with Crippen LogP contribution in [0.15, 0.2) is 48.5 Å². The van der Waals surface area contributed by atoms with Gasteiger partial charge in [0.05, 0.1) is 6.61 Å². The quantitative estimate of drug-likeness (QED) is 0.848. The zero-order valence-electron chi connectivity index (χ0n) is 10.4. The van der Waals surface area contributed by atoms with E-state index in [2.05, 4.69) is 5.32 Å². The SMILES string of the molecule is CNCc1cccc(Oc2ccccc2CO)c1. The van der Waals surface area contributed by atoms with Crippen LogP contribution >= 0.6 is 0 Å². The maximum absolute atomic E-state index is 9.25. The number of aliphatic hydroxyl groups is 1. The molecule has 18 heavy (non-hydrogen) atoms. The molecular weight excluding hydrogens is 226 g/mol. The molecule has 94 valence electrons. The summed E-state index contributed by atoms with van der Waals surface area (Å²) in [5.74, 6) is 1.48. The Labute approximate surface area is 107 Å². The van der Waals surface area contributed by atoms with Crippen LogP contribution in [-0.2, 0) is 13.2 Å². The lowest BCUT2D eigenvalue weighted by Crippen LogP contribution is -2.04. The zero-order chi connectivity index (χ0) is 12.8. The zero-order valence-corrected chi connectivity index (χ0v) is 10.4. The Bertz CT molecular complexity index is 511. The number of hydrogen-bond donors (Lipinski definition) is 2. The second-order valence-electron chi connectivity index (χ2n) is 4.05. The Balaban J connectivity index is 2.20. The molecule has 0 saturated carbocycles. The molecule has 0 aliphatic heterocycles. The van der Waals surface area contributed by atoms with Crippen molar-refractivity contribution < 1.29 is 9.84 Å². The monoisotopic (exact) mass is 243 g/mol. The lowest BCUT2D eigenvalue weighted by atomic mass is 10.2. The van der Waals surface area contributed by atoms with E-state index in [1.54, 1.807) is 0 Å². The van der Waals surface area contributed by atoms with Crippen molar-refractivity contribution in [2.75, 3.05) is 7.05 Å². The van der Waals surface area contributed by atoms with E-state index in [0.717, 1.165) is 23.4 Å². The number of hydrogen-bond acceptors (Lipinski definition) is 3. The fourth-order valence-electron chi connectivity index (χ4n) is 1.78. The van der Waals surface area contributed by atoms with E-state index in [9.17, 15) is 5.11 Å². The number of ether oxygens (including phenoxy) is 1. The average molecular weight is 243 g/mol. The van der Waals surface area contributed by atoms with Crippen molar-refractivity contribution in [3.63, 3.8) is 0 Å². The van der Waals surface area contributed by atoms with Gasteiger partial charge in [0.1, 0.15) is 11.5 Å². The Kier molecular flexibility index (Phi) is 4.34. The Hall–Kier alpha value is -1.84. The first kappa shape index (κ1) is 12.6. The van der Waals surface area contributed by atoms with E-state index >= 15 is 0 Å². The minimum absolute atomic E-state index is 0.0214. The molecule has 0 fully saturated rings. The molecule has 0 unspecified atom stereocenters. The summed E-state index contributed by atoms with van der Waals surface area (Å²) in [6.07, 6.45) is 0. The highest BCUT2D eigenvalue weighted by Crippen LogP contribution is 2.25. The van der Waals surface area contributed by atoms with Crippen molar-refractivity contribution in [1.82, 2.24) is 5.32 Å². The Morgan fingerprint density at radius 3 is 2.72 bits per heavy atom. The van der Waals surface area contributed by atoms with Crippen molar-refractivity contribution >= 4 is 0 Å². The van der Waals surface area contributed by atoms with Crippen molar-refractivity contribution in [2.45, 2.75) is 13.2 Å². The van der Waals surface area contributed by atoms with Crippen molar-refractivity contribution in [1.29, 1.82) is 0 Å². The van der Waals surface area contributed by atoms with Gasteiger partial charge in [-0.1, -0.05) is 30.3 Å². The van der Waals surface area contributed by atoms with Crippen LogP contribution in [-0.4, -0.2) is 12.2 Å². The number of aliphatic hydroxyl groups excluding tert-OH is 1. The maximum atomic E-state index is 9.25. The fourth-order valence-corrected chi connectivity index (χ4v) is 1.78. The van der Waals surface area contributed by atoms with E-state index in [1.165, 1.54) is 0 Å². The van der Waals surface area contributed by atoms with Gasteiger partial charge in [0, 0.05) is 12.1 Å². The van der Waals surface area contributed by atoms with Crippen LogP contribution in [0.3, 0.4) is 0 Å². The topological polar surface area (TPSA) is 41.5 Å². The van der Waals surface area contributed by atoms with Gasteiger partial charge in [-0.15, -0.1) is 0 Å². The maximum Gasteiger partial charge on any atom is 0.132 e. The van der Waals surface area contributed by atoms with Crippen LogP contribution in [0.2, 0.25) is 0 Å². The second-order valence-corrected chi connectivity index (χ2v) is 4.05. The molecule has 0 aliphatic carbocycles. The van der Waals surface area contributed by atoms with Gasteiger partial charge in [-0.25, -0.2) is 0 Å². The molecule has 0 saturated heterocycles. The van der Waals surface area contributed by atoms with Crippen LogP contribution in [0.25, 0.3) is 0 Å². The molecule has 2 aromatic carbocycles. The smallest absolute Gasteiger partial charge is 0.132 e. The summed E-state index contributed by atoms with van der Waals surface area (Å²) in [7, 11) is 1.91. The van der Waals surface area contributed by atoms with E-state index < -0.39 is 0 Å². The molecule has 2 N–H and O–H groups in total. The molecular formula is C15H17NO2. The van der Waals surface area contributed by atoms with Crippen molar-refractivity contribution in [3.8, 4) is 11.5 Å². The summed E-state index contributed by atoms with van der Waals surface area (Å²) in [4.78, 5) is 0. The second kappa shape index (κ2) is 6.19. The highest BCUT2D eigenvalue weighted by atomic mass is 16.5. The summed E-state index contributed by atoms with van der Waals surface area (Å²) in [5, 5.41) is 12.3. The minimum atomic E-state index is -0.0214. The number of nitrogens with one attached hydrogen (secondary N) is 1. The van der Waals surface area contributed by atoms with Crippen LogP contribution in [0.4, 0.5) is 0 Å². The van der Waals surface area contributed by atoms with Crippen molar-refractivity contribution in [2.24, 2.45) is 0 Å². The molecule has 2 rings (SSSR count). The third kappa shape index (κ3) is 3.09. The molecule has 0 aromatic heterocycles.